The minimum Gasteiger partial charge on any atom is -0.516 e. The van der Waals surface area contributed by atoms with Crippen LogP contribution in [0, 0.1) is 0 Å². The minimum atomic E-state index is 0.413. The maximum Gasteiger partial charge on any atom is 0.0792 e. The van der Waals surface area contributed by atoms with Crippen molar-refractivity contribution in [3.63, 3.8) is 0 Å². The first-order valence-corrected chi connectivity index (χ1v) is 2.20. The summed E-state index contributed by atoms with van der Waals surface area (Å²) in [6, 6.07) is 0. The highest BCUT2D eigenvalue weighted by molar-refractivity contribution is 6.19. The van der Waals surface area contributed by atoms with E-state index in [4.69, 9.17) is 16.7 Å². The van der Waals surface area contributed by atoms with E-state index in [1.54, 1.807) is 6.92 Å². The van der Waals surface area contributed by atoms with Gasteiger partial charge >= 0.3 is 0 Å². The maximum atomic E-state index is 8.09. The van der Waals surface area contributed by atoms with Crippen molar-refractivity contribution < 1.29 is 5.11 Å². The number of aliphatic hydroxyl groups is 1. The van der Waals surface area contributed by atoms with Gasteiger partial charge in [-0.05, 0) is 12.5 Å². The molecule has 0 atom stereocenters. The molecular weight excluding hydrogens is 99.5 g/mol. The molecule has 0 spiro atoms. The summed E-state index contributed by atoms with van der Waals surface area (Å²) in [5, 5.41) is 8.09. The van der Waals surface area contributed by atoms with E-state index >= 15 is 0 Å². The van der Waals surface area contributed by atoms with Crippen molar-refractivity contribution in [2.45, 2.75) is 6.92 Å². The highest BCUT2D eigenvalue weighted by Crippen LogP contribution is 1.90. The van der Waals surface area contributed by atoms with Gasteiger partial charge in [-0.25, -0.2) is 0 Å². The third kappa shape index (κ3) is 2.09. The second kappa shape index (κ2) is 3.04. The average molecular weight is 107 g/mol. The van der Waals surface area contributed by atoms with Gasteiger partial charge in [-0.3, -0.25) is 0 Å². The summed E-state index contributed by atoms with van der Waals surface area (Å²) < 4.78 is 0. The first-order valence-electron chi connectivity index (χ1n) is 1.67. The van der Waals surface area contributed by atoms with Gasteiger partial charge in [-0.15, -0.1) is 11.6 Å². The first kappa shape index (κ1) is 5.83. The molecule has 0 fully saturated rings. The Morgan fingerprint density at radius 3 is 2.50 bits per heavy atom. The fourth-order valence-corrected chi connectivity index (χ4v) is 0.104. The highest BCUT2D eigenvalue weighted by Gasteiger charge is 1.77. The normalized spacial score (nSPS) is 12.0. The number of halogens is 1. The fraction of sp³-hybridized carbons (Fsp3) is 0.500. The van der Waals surface area contributed by atoms with Crippen LogP contribution in [0.1, 0.15) is 6.92 Å². The van der Waals surface area contributed by atoms with Gasteiger partial charge in [0.1, 0.15) is 0 Å². The number of rotatable bonds is 1. The van der Waals surface area contributed by atoms with E-state index in [1.807, 2.05) is 0 Å². The lowest BCUT2D eigenvalue weighted by Crippen LogP contribution is -1.72. The van der Waals surface area contributed by atoms with Gasteiger partial charge < -0.3 is 5.11 Å². The van der Waals surface area contributed by atoms with E-state index in [0.29, 0.717) is 5.88 Å². The molecule has 0 saturated carbocycles. The first-order chi connectivity index (χ1) is 2.81. The van der Waals surface area contributed by atoms with Crippen molar-refractivity contribution in [1.82, 2.24) is 0 Å². The maximum absolute atomic E-state index is 8.09. The van der Waals surface area contributed by atoms with Crippen LogP contribution < -0.4 is 0 Å². The van der Waals surface area contributed by atoms with Crippen LogP contribution in [-0.2, 0) is 0 Å². The number of allylic oxidation sites excluding steroid dienone is 1. The van der Waals surface area contributed by atoms with Crippen LogP contribution in [0.25, 0.3) is 0 Å². The molecule has 0 bridgehead atoms. The van der Waals surface area contributed by atoms with E-state index < -0.39 is 0 Å². The number of hydrogen-bond donors (Lipinski definition) is 1. The van der Waals surface area contributed by atoms with Crippen molar-refractivity contribution in [2.75, 3.05) is 5.88 Å². The molecule has 2 heteroatoms. The SMILES string of the molecule is C/C(=C/O)CCl. The Labute approximate surface area is 42.2 Å². The van der Waals surface area contributed by atoms with Gasteiger partial charge in [0.05, 0.1) is 6.26 Å². The average Bonchev–Trinajstić information content (AvgIpc) is 1.65. The van der Waals surface area contributed by atoms with Crippen LogP contribution in [0.15, 0.2) is 11.8 Å². The summed E-state index contributed by atoms with van der Waals surface area (Å²) in [5.74, 6) is 0.413. The molecule has 0 aromatic rings. The van der Waals surface area contributed by atoms with Gasteiger partial charge in [0.15, 0.2) is 0 Å². The van der Waals surface area contributed by atoms with Crippen LogP contribution in [0.3, 0.4) is 0 Å². The molecule has 0 aromatic heterocycles. The minimum absolute atomic E-state index is 0.413. The summed E-state index contributed by atoms with van der Waals surface area (Å²) in [6.07, 6.45) is 1.01. The molecule has 0 aliphatic rings. The molecule has 36 valence electrons. The number of aliphatic hydroxyl groups excluding tert-OH is 1. The monoisotopic (exact) mass is 106 g/mol. The molecule has 0 aliphatic heterocycles. The summed E-state index contributed by atoms with van der Waals surface area (Å²) in [7, 11) is 0. The predicted octanol–water partition coefficient (Wildman–Crippen LogP) is 1.69. The molecule has 1 N–H and O–H groups in total. The van der Waals surface area contributed by atoms with Crippen LogP contribution in [0.2, 0.25) is 0 Å². The standard InChI is InChI=1S/C4H7ClO/c1-4(2-5)3-6/h3,6H,2H2,1H3/b4-3-. The van der Waals surface area contributed by atoms with Gasteiger partial charge in [-0.1, -0.05) is 0 Å². The van der Waals surface area contributed by atoms with Crippen molar-refractivity contribution >= 4 is 11.6 Å². The van der Waals surface area contributed by atoms with E-state index in [0.717, 1.165) is 11.8 Å². The lowest BCUT2D eigenvalue weighted by Gasteiger charge is -1.82. The zero-order valence-corrected chi connectivity index (χ0v) is 4.37. The molecule has 0 amide bonds. The van der Waals surface area contributed by atoms with Gasteiger partial charge in [0.25, 0.3) is 0 Å². The third-order valence-electron chi connectivity index (χ3n) is 0.431. The summed E-state index contributed by atoms with van der Waals surface area (Å²) in [4.78, 5) is 0. The van der Waals surface area contributed by atoms with Gasteiger partial charge in [-0.2, -0.15) is 0 Å². The van der Waals surface area contributed by atoms with Gasteiger partial charge in [0.2, 0.25) is 0 Å². The largest absolute Gasteiger partial charge is 0.516 e. The second-order valence-electron chi connectivity index (χ2n) is 1.11. The molecule has 0 radical (unpaired) electrons. The Bertz CT molecular complexity index is 58.6. The Balaban J connectivity index is 3.22. The highest BCUT2D eigenvalue weighted by atomic mass is 35.5. The van der Waals surface area contributed by atoms with E-state index in [9.17, 15) is 0 Å². The van der Waals surface area contributed by atoms with E-state index in [1.165, 1.54) is 0 Å². The smallest absolute Gasteiger partial charge is 0.0792 e. The Morgan fingerprint density at radius 2 is 2.50 bits per heavy atom. The number of hydrogen-bond acceptors (Lipinski definition) is 1. The van der Waals surface area contributed by atoms with Crippen LogP contribution >= 0.6 is 11.6 Å². The summed E-state index contributed by atoms with van der Waals surface area (Å²) >= 11 is 5.22. The molecular formula is C4H7ClO. The Kier molecular flexibility index (Phi) is 2.95. The molecule has 0 saturated heterocycles. The predicted molar refractivity (Wildman–Crippen MR) is 27.1 cm³/mol. The lowest BCUT2D eigenvalue weighted by molar-refractivity contribution is 0.467. The van der Waals surface area contributed by atoms with Crippen molar-refractivity contribution in [3.8, 4) is 0 Å². The lowest BCUT2D eigenvalue weighted by atomic mass is 10.4. The Morgan fingerprint density at radius 1 is 2.00 bits per heavy atom. The van der Waals surface area contributed by atoms with E-state index in [2.05, 4.69) is 0 Å². The molecule has 0 heterocycles. The zero-order chi connectivity index (χ0) is 4.99. The molecule has 1 nitrogen and oxygen atoms in total. The van der Waals surface area contributed by atoms with Crippen molar-refractivity contribution in [1.29, 1.82) is 0 Å². The fourth-order valence-electron chi connectivity index (χ4n) is 0.0345. The van der Waals surface area contributed by atoms with Crippen LogP contribution in [-0.4, -0.2) is 11.0 Å². The topological polar surface area (TPSA) is 20.2 Å². The van der Waals surface area contributed by atoms with Gasteiger partial charge in [0, 0.05) is 5.88 Å². The quantitative estimate of drug-likeness (QED) is 0.398. The van der Waals surface area contributed by atoms with E-state index in [-0.39, 0.29) is 0 Å². The van der Waals surface area contributed by atoms with Crippen molar-refractivity contribution in [3.05, 3.63) is 11.8 Å². The summed E-state index contributed by atoms with van der Waals surface area (Å²) in [5.41, 5.74) is 0.789. The summed E-state index contributed by atoms with van der Waals surface area (Å²) in [6.45, 7) is 1.76. The molecule has 0 unspecified atom stereocenters. The zero-order valence-electron chi connectivity index (χ0n) is 3.61. The second-order valence-corrected chi connectivity index (χ2v) is 1.38. The Hall–Kier alpha value is -0.170. The van der Waals surface area contributed by atoms with Crippen LogP contribution in [0.4, 0.5) is 0 Å². The molecule has 0 aromatic carbocycles. The number of alkyl halides is 1. The van der Waals surface area contributed by atoms with Crippen molar-refractivity contribution in [2.24, 2.45) is 0 Å². The third-order valence-corrected chi connectivity index (χ3v) is 0.853. The molecule has 0 rings (SSSR count). The van der Waals surface area contributed by atoms with Crippen LogP contribution in [0.5, 0.6) is 0 Å². The molecule has 0 aliphatic carbocycles. The molecule has 6 heavy (non-hydrogen) atoms.